The van der Waals surface area contributed by atoms with Crippen LogP contribution in [0.15, 0.2) is 24.3 Å². The van der Waals surface area contributed by atoms with Crippen molar-refractivity contribution < 1.29 is 23.8 Å². The molecule has 0 bridgehead atoms. The fraction of sp³-hybridized carbons (Fsp3) is 0.600. The number of piperidine rings is 1. The summed E-state index contributed by atoms with van der Waals surface area (Å²) in [5.74, 6) is 0.758. The molecular formula is C20H26N2O5. The van der Waals surface area contributed by atoms with Crippen LogP contribution in [0.1, 0.15) is 19.3 Å². The Hall–Kier alpha value is -2.12. The van der Waals surface area contributed by atoms with Crippen LogP contribution in [0.25, 0.3) is 0 Å². The third kappa shape index (κ3) is 3.66. The van der Waals surface area contributed by atoms with Crippen molar-refractivity contribution in [2.45, 2.75) is 25.6 Å². The first-order valence-electron chi connectivity index (χ1n) is 9.62. The van der Waals surface area contributed by atoms with Crippen LogP contribution in [-0.2, 0) is 19.1 Å². The lowest BCUT2D eigenvalue weighted by molar-refractivity contribution is -0.140. The zero-order valence-electron chi connectivity index (χ0n) is 15.6. The molecule has 3 saturated heterocycles. The summed E-state index contributed by atoms with van der Waals surface area (Å²) >= 11 is 0. The molecule has 1 unspecified atom stereocenters. The average molecular weight is 374 g/mol. The third-order valence-corrected chi connectivity index (χ3v) is 5.73. The minimum Gasteiger partial charge on any atom is -0.495 e. The molecule has 4 rings (SSSR count). The minimum atomic E-state index is -0.294. The molecule has 3 fully saturated rings. The Balaban J connectivity index is 1.37. The molecule has 7 nitrogen and oxygen atoms in total. The van der Waals surface area contributed by atoms with Gasteiger partial charge < -0.3 is 24.0 Å². The van der Waals surface area contributed by atoms with Crippen molar-refractivity contribution in [1.82, 2.24) is 4.90 Å². The highest BCUT2D eigenvalue weighted by molar-refractivity contribution is 6.01. The standard InChI is InChI=1S/C20H26N2O5/c1-25-17-5-3-2-4-16(17)22-13-15(12-18(22)23)19(24)21-8-6-14(7-9-21)20-26-10-11-27-20/h2-5,14-15,20H,6-13H2,1H3. The van der Waals surface area contributed by atoms with Crippen LogP contribution in [0.5, 0.6) is 5.75 Å². The number of hydrogen-bond donors (Lipinski definition) is 0. The van der Waals surface area contributed by atoms with Crippen LogP contribution in [0.2, 0.25) is 0 Å². The predicted molar refractivity (Wildman–Crippen MR) is 98.5 cm³/mol. The minimum absolute atomic E-state index is 0.0273. The van der Waals surface area contributed by atoms with E-state index in [-0.39, 0.29) is 30.4 Å². The van der Waals surface area contributed by atoms with Gasteiger partial charge in [0.05, 0.1) is 31.9 Å². The van der Waals surface area contributed by atoms with Crippen molar-refractivity contribution in [2.75, 3.05) is 44.9 Å². The molecule has 1 aromatic rings. The number of hydrogen-bond acceptors (Lipinski definition) is 5. The van der Waals surface area contributed by atoms with E-state index in [1.165, 1.54) is 0 Å². The molecule has 3 heterocycles. The van der Waals surface area contributed by atoms with Crippen molar-refractivity contribution >= 4 is 17.5 Å². The maximum Gasteiger partial charge on any atom is 0.228 e. The summed E-state index contributed by atoms with van der Waals surface area (Å²) in [6, 6.07) is 7.43. The van der Waals surface area contributed by atoms with Gasteiger partial charge in [0, 0.05) is 32.0 Å². The second-order valence-electron chi connectivity index (χ2n) is 7.35. The summed E-state index contributed by atoms with van der Waals surface area (Å²) in [7, 11) is 1.59. The van der Waals surface area contributed by atoms with E-state index in [1.54, 1.807) is 12.0 Å². The molecule has 27 heavy (non-hydrogen) atoms. The first kappa shape index (κ1) is 18.3. The topological polar surface area (TPSA) is 68.3 Å². The van der Waals surface area contributed by atoms with E-state index in [2.05, 4.69) is 0 Å². The van der Waals surface area contributed by atoms with E-state index in [4.69, 9.17) is 14.2 Å². The van der Waals surface area contributed by atoms with Crippen LogP contribution >= 0.6 is 0 Å². The maximum absolute atomic E-state index is 13.0. The lowest BCUT2D eigenvalue weighted by atomic mass is 9.95. The van der Waals surface area contributed by atoms with E-state index in [1.807, 2.05) is 29.2 Å². The van der Waals surface area contributed by atoms with Crippen LogP contribution in [0.3, 0.4) is 0 Å². The van der Waals surface area contributed by atoms with E-state index < -0.39 is 0 Å². The van der Waals surface area contributed by atoms with E-state index >= 15 is 0 Å². The molecule has 1 atom stereocenters. The Morgan fingerprint density at radius 3 is 2.56 bits per heavy atom. The molecule has 0 aliphatic carbocycles. The number of para-hydroxylation sites is 2. The zero-order valence-corrected chi connectivity index (χ0v) is 15.6. The van der Waals surface area contributed by atoms with Gasteiger partial charge in [-0.3, -0.25) is 9.59 Å². The lowest BCUT2D eigenvalue weighted by Gasteiger charge is -2.35. The van der Waals surface area contributed by atoms with Crippen LogP contribution in [0, 0.1) is 11.8 Å². The van der Waals surface area contributed by atoms with Gasteiger partial charge in [0.15, 0.2) is 6.29 Å². The van der Waals surface area contributed by atoms with Gasteiger partial charge >= 0.3 is 0 Å². The summed E-state index contributed by atoms with van der Waals surface area (Å²) < 4.78 is 16.6. The normalized spacial score (nSPS) is 24.6. The molecular weight excluding hydrogens is 348 g/mol. The SMILES string of the molecule is COc1ccccc1N1CC(C(=O)N2CCC(C3OCCO3)CC2)CC1=O. The first-order chi connectivity index (χ1) is 13.2. The van der Waals surface area contributed by atoms with E-state index in [0.717, 1.165) is 18.5 Å². The number of benzene rings is 1. The average Bonchev–Trinajstić information content (AvgIpc) is 3.37. The Morgan fingerprint density at radius 2 is 1.85 bits per heavy atom. The number of nitrogens with zero attached hydrogens (tertiary/aromatic N) is 2. The van der Waals surface area contributed by atoms with Gasteiger partial charge in [-0.15, -0.1) is 0 Å². The number of likely N-dealkylation sites (tertiary alicyclic amines) is 1. The summed E-state index contributed by atoms with van der Waals surface area (Å²) in [5.41, 5.74) is 0.731. The van der Waals surface area contributed by atoms with Crippen molar-refractivity contribution in [3.63, 3.8) is 0 Å². The van der Waals surface area contributed by atoms with Gasteiger partial charge in [-0.25, -0.2) is 0 Å². The smallest absolute Gasteiger partial charge is 0.228 e. The van der Waals surface area contributed by atoms with Crippen LogP contribution < -0.4 is 9.64 Å². The zero-order chi connectivity index (χ0) is 18.8. The Morgan fingerprint density at radius 1 is 1.15 bits per heavy atom. The number of ether oxygens (including phenoxy) is 3. The van der Waals surface area contributed by atoms with Gasteiger partial charge in [-0.05, 0) is 25.0 Å². The van der Waals surface area contributed by atoms with Crippen molar-refractivity contribution in [1.29, 1.82) is 0 Å². The summed E-state index contributed by atoms with van der Waals surface area (Å²) in [5, 5.41) is 0. The van der Waals surface area contributed by atoms with Gasteiger partial charge in [0.2, 0.25) is 11.8 Å². The van der Waals surface area contributed by atoms with Gasteiger partial charge in [-0.1, -0.05) is 12.1 Å². The molecule has 0 saturated carbocycles. The number of carbonyl (C=O) groups excluding carboxylic acids is 2. The molecule has 0 spiro atoms. The van der Waals surface area contributed by atoms with Crippen LogP contribution in [-0.4, -0.2) is 63.0 Å². The van der Waals surface area contributed by atoms with Crippen molar-refractivity contribution in [2.24, 2.45) is 11.8 Å². The largest absolute Gasteiger partial charge is 0.495 e. The molecule has 0 aromatic heterocycles. The van der Waals surface area contributed by atoms with Gasteiger partial charge in [0.1, 0.15) is 5.75 Å². The molecule has 7 heteroatoms. The second kappa shape index (κ2) is 7.86. The highest BCUT2D eigenvalue weighted by Gasteiger charge is 2.40. The third-order valence-electron chi connectivity index (χ3n) is 5.73. The molecule has 146 valence electrons. The van der Waals surface area contributed by atoms with Crippen LogP contribution in [0.4, 0.5) is 5.69 Å². The Kier molecular flexibility index (Phi) is 5.31. The number of carbonyl (C=O) groups is 2. The summed E-state index contributed by atoms with van der Waals surface area (Å²) in [4.78, 5) is 29.1. The maximum atomic E-state index is 13.0. The summed E-state index contributed by atoms with van der Waals surface area (Å²) in [6.07, 6.45) is 1.91. The number of methoxy groups -OCH3 is 1. The first-order valence-corrected chi connectivity index (χ1v) is 9.62. The van der Waals surface area contributed by atoms with Gasteiger partial charge in [-0.2, -0.15) is 0 Å². The van der Waals surface area contributed by atoms with Crippen molar-refractivity contribution in [3.05, 3.63) is 24.3 Å². The molecule has 0 N–H and O–H groups in total. The van der Waals surface area contributed by atoms with E-state index in [9.17, 15) is 9.59 Å². The Bertz CT molecular complexity index is 695. The molecule has 3 aliphatic rings. The lowest BCUT2D eigenvalue weighted by Crippen LogP contribution is -2.44. The summed E-state index contributed by atoms with van der Waals surface area (Å²) in [6.45, 7) is 3.13. The fourth-order valence-electron chi connectivity index (χ4n) is 4.26. The van der Waals surface area contributed by atoms with E-state index in [0.29, 0.717) is 44.5 Å². The van der Waals surface area contributed by atoms with Crippen molar-refractivity contribution in [3.8, 4) is 5.75 Å². The highest BCUT2D eigenvalue weighted by Crippen LogP contribution is 2.34. The number of anilines is 1. The highest BCUT2D eigenvalue weighted by atomic mass is 16.7. The van der Waals surface area contributed by atoms with Gasteiger partial charge in [0.25, 0.3) is 0 Å². The molecule has 0 radical (unpaired) electrons. The second-order valence-corrected chi connectivity index (χ2v) is 7.35. The Labute approximate surface area is 159 Å². The predicted octanol–water partition coefficient (Wildman–Crippen LogP) is 1.66. The number of rotatable bonds is 4. The molecule has 2 amide bonds. The quantitative estimate of drug-likeness (QED) is 0.802. The number of amides is 2. The fourth-order valence-corrected chi connectivity index (χ4v) is 4.26. The molecule has 1 aromatic carbocycles. The monoisotopic (exact) mass is 374 g/mol. The molecule has 3 aliphatic heterocycles.